The normalized spacial score (nSPS) is 11.7. The van der Waals surface area contributed by atoms with Gasteiger partial charge >= 0.3 is 6.18 Å². The van der Waals surface area contributed by atoms with Crippen LogP contribution < -0.4 is 10.1 Å². The number of H-pyrrole nitrogens is 1. The molecule has 0 saturated carbocycles. The predicted octanol–water partition coefficient (Wildman–Crippen LogP) is 6.30. The summed E-state index contributed by atoms with van der Waals surface area (Å²) < 4.78 is 44.5. The Hall–Kier alpha value is -3.88. The van der Waals surface area contributed by atoms with Gasteiger partial charge in [0.2, 0.25) is 5.91 Å². The Morgan fingerprint density at radius 3 is 2.31 bits per heavy atom. The van der Waals surface area contributed by atoms with E-state index >= 15 is 0 Å². The van der Waals surface area contributed by atoms with Crippen molar-refractivity contribution in [1.29, 1.82) is 0 Å². The lowest BCUT2D eigenvalue weighted by Crippen LogP contribution is -2.31. The van der Waals surface area contributed by atoms with Crippen molar-refractivity contribution in [2.45, 2.75) is 40.5 Å². The molecule has 4 rings (SSSR count). The molecule has 1 amide bonds. The van der Waals surface area contributed by atoms with E-state index in [9.17, 15) is 22.8 Å². The molecule has 0 aliphatic heterocycles. The number of alkyl halides is 3. The predicted molar refractivity (Wildman–Crippen MR) is 133 cm³/mol. The Labute approximate surface area is 206 Å². The van der Waals surface area contributed by atoms with Crippen LogP contribution in [0.2, 0.25) is 0 Å². The zero-order valence-electron chi connectivity index (χ0n) is 20.7. The number of halogens is 3. The molecule has 6 nitrogen and oxygen atoms in total. The maximum absolute atomic E-state index is 12.9. The standard InChI is InChI=1S/C21H15F3N2O2.C6H13NO/c1-12(27)15-8-6-13-4-2-3-5-16(13)20(15)28-11-19-25-17-9-7-14(21(22,23)24)10-18(17)26-19;1-6(2,3)5(8)7-4/h2-10H,11H2,1H3,(H,25,26);1-4H3,(H,7,8). The lowest BCUT2D eigenvalue weighted by Gasteiger charge is -2.14. The van der Waals surface area contributed by atoms with Crippen LogP contribution >= 0.6 is 0 Å². The second-order valence-corrected chi connectivity index (χ2v) is 9.25. The van der Waals surface area contributed by atoms with Gasteiger partial charge in [-0.1, -0.05) is 51.1 Å². The number of imidazole rings is 1. The topological polar surface area (TPSA) is 84.1 Å². The Morgan fingerprint density at radius 1 is 1.03 bits per heavy atom. The van der Waals surface area contributed by atoms with Gasteiger partial charge in [-0.15, -0.1) is 0 Å². The summed E-state index contributed by atoms with van der Waals surface area (Å²) in [5.74, 6) is 0.747. The fourth-order valence-corrected chi connectivity index (χ4v) is 3.50. The van der Waals surface area contributed by atoms with E-state index in [-0.39, 0.29) is 29.2 Å². The van der Waals surface area contributed by atoms with Crippen molar-refractivity contribution in [2.24, 2.45) is 5.41 Å². The van der Waals surface area contributed by atoms with Gasteiger partial charge in [0.15, 0.2) is 5.78 Å². The van der Waals surface area contributed by atoms with Crippen LogP contribution in [0.25, 0.3) is 21.8 Å². The number of amides is 1. The number of hydrogen-bond donors (Lipinski definition) is 2. The lowest BCUT2D eigenvalue weighted by molar-refractivity contribution is -0.137. The number of hydrogen-bond acceptors (Lipinski definition) is 4. The number of ketones is 1. The van der Waals surface area contributed by atoms with Gasteiger partial charge in [0.05, 0.1) is 22.2 Å². The van der Waals surface area contributed by atoms with Gasteiger partial charge in [0, 0.05) is 17.8 Å². The van der Waals surface area contributed by atoms with E-state index in [0.717, 1.165) is 22.9 Å². The van der Waals surface area contributed by atoms with Crippen molar-refractivity contribution in [2.75, 3.05) is 7.05 Å². The minimum atomic E-state index is -4.42. The van der Waals surface area contributed by atoms with Crippen LogP contribution in [0.3, 0.4) is 0 Å². The van der Waals surface area contributed by atoms with Gasteiger partial charge in [0.1, 0.15) is 18.2 Å². The quantitative estimate of drug-likeness (QED) is 0.323. The molecule has 0 aliphatic carbocycles. The Kier molecular flexibility index (Phi) is 7.71. The molecule has 0 atom stereocenters. The third-order valence-electron chi connectivity index (χ3n) is 5.38. The summed E-state index contributed by atoms with van der Waals surface area (Å²) in [7, 11) is 1.65. The van der Waals surface area contributed by atoms with Crippen LogP contribution in [-0.2, 0) is 17.6 Å². The van der Waals surface area contributed by atoms with E-state index in [4.69, 9.17) is 4.74 Å². The number of ether oxygens (including phenoxy) is 1. The Balaban J connectivity index is 0.000000392. The van der Waals surface area contributed by atoms with Gasteiger partial charge in [-0.05, 0) is 36.6 Å². The molecule has 0 aliphatic rings. The molecule has 0 spiro atoms. The molecule has 0 unspecified atom stereocenters. The van der Waals surface area contributed by atoms with E-state index in [1.807, 2.05) is 51.1 Å². The fraction of sp³-hybridized carbons (Fsp3) is 0.296. The van der Waals surface area contributed by atoms with E-state index in [0.29, 0.717) is 22.7 Å². The SMILES string of the molecule is CC(=O)c1ccc2ccccc2c1OCc1nc2ccc(C(F)(F)F)cc2[nH]1.CNC(=O)C(C)(C)C. The zero-order valence-corrected chi connectivity index (χ0v) is 20.7. The largest absolute Gasteiger partial charge is 0.484 e. The summed E-state index contributed by atoms with van der Waals surface area (Å²) >= 11 is 0. The average molecular weight is 500 g/mol. The van der Waals surface area contributed by atoms with Crippen LogP contribution in [0.5, 0.6) is 5.75 Å². The first-order valence-corrected chi connectivity index (χ1v) is 11.2. The second kappa shape index (κ2) is 10.4. The Morgan fingerprint density at radius 2 is 1.72 bits per heavy atom. The van der Waals surface area contributed by atoms with Gasteiger partial charge in [0.25, 0.3) is 0 Å². The minimum Gasteiger partial charge on any atom is -0.484 e. The highest BCUT2D eigenvalue weighted by Gasteiger charge is 2.30. The first-order chi connectivity index (χ1) is 16.8. The van der Waals surface area contributed by atoms with E-state index in [1.165, 1.54) is 13.0 Å². The number of nitrogens with zero attached hydrogens (tertiary/aromatic N) is 1. The first-order valence-electron chi connectivity index (χ1n) is 11.2. The number of nitrogens with one attached hydrogen (secondary N) is 2. The van der Waals surface area contributed by atoms with Crippen molar-refractivity contribution < 1.29 is 27.5 Å². The van der Waals surface area contributed by atoms with Gasteiger partial charge in [-0.25, -0.2) is 4.98 Å². The summed E-state index contributed by atoms with van der Waals surface area (Å²) in [6.07, 6.45) is -4.42. The molecule has 4 aromatic rings. The third kappa shape index (κ3) is 6.21. The molecule has 1 heterocycles. The van der Waals surface area contributed by atoms with Crippen LogP contribution in [0.1, 0.15) is 49.4 Å². The van der Waals surface area contributed by atoms with Crippen molar-refractivity contribution >= 4 is 33.5 Å². The number of Topliss-reactive ketones (excluding diaryl/α,β-unsaturated/α-hetero) is 1. The molecule has 0 bridgehead atoms. The van der Waals surface area contributed by atoms with E-state index in [1.54, 1.807) is 13.1 Å². The van der Waals surface area contributed by atoms with Crippen molar-refractivity contribution in [1.82, 2.24) is 15.3 Å². The molecule has 36 heavy (non-hydrogen) atoms. The van der Waals surface area contributed by atoms with Crippen molar-refractivity contribution in [3.63, 3.8) is 0 Å². The van der Waals surface area contributed by atoms with Crippen LogP contribution in [0.15, 0.2) is 54.6 Å². The molecular formula is C27H28F3N3O3. The maximum atomic E-state index is 12.9. The molecule has 0 fully saturated rings. The molecule has 9 heteroatoms. The molecule has 0 saturated heterocycles. The second-order valence-electron chi connectivity index (χ2n) is 9.25. The molecule has 2 N–H and O–H groups in total. The van der Waals surface area contributed by atoms with Crippen molar-refractivity contribution in [3.8, 4) is 5.75 Å². The number of rotatable bonds is 4. The minimum absolute atomic E-state index is 0.00960. The Bertz CT molecular complexity index is 1400. The number of aromatic nitrogens is 2. The maximum Gasteiger partial charge on any atom is 0.416 e. The molecule has 0 radical (unpaired) electrons. The highest BCUT2D eigenvalue weighted by atomic mass is 19.4. The first kappa shape index (κ1) is 26.7. The number of fused-ring (bicyclic) bond motifs is 2. The molecule has 3 aromatic carbocycles. The van der Waals surface area contributed by atoms with Crippen LogP contribution in [-0.4, -0.2) is 28.7 Å². The van der Waals surface area contributed by atoms with E-state index in [2.05, 4.69) is 15.3 Å². The number of carbonyl (C=O) groups excluding carboxylic acids is 2. The van der Waals surface area contributed by atoms with Gasteiger partial charge in [-0.2, -0.15) is 13.2 Å². The van der Waals surface area contributed by atoms with Gasteiger partial charge in [-0.3, -0.25) is 9.59 Å². The average Bonchev–Trinajstić information content (AvgIpc) is 3.23. The molecular weight excluding hydrogens is 471 g/mol. The summed E-state index contributed by atoms with van der Waals surface area (Å²) in [5.41, 5.74) is 0.141. The highest BCUT2D eigenvalue weighted by Crippen LogP contribution is 2.32. The number of benzene rings is 3. The molecule has 1 aromatic heterocycles. The van der Waals surface area contributed by atoms with Gasteiger partial charge < -0.3 is 15.0 Å². The summed E-state index contributed by atoms with van der Waals surface area (Å²) in [6.45, 7) is 7.09. The third-order valence-corrected chi connectivity index (χ3v) is 5.38. The highest BCUT2D eigenvalue weighted by molar-refractivity contribution is 6.03. The smallest absolute Gasteiger partial charge is 0.416 e. The summed E-state index contributed by atoms with van der Waals surface area (Å²) in [6, 6.07) is 14.4. The lowest BCUT2D eigenvalue weighted by atomic mass is 9.96. The molecule has 190 valence electrons. The summed E-state index contributed by atoms with van der Waals surface area (Å²) in [5, 5.41) is 4.27. The van der Waals surface area contributed by atoms with E-state index < -0.39 is 11.7 Å². The number of aromatic amines is 1. The van der Waals surface area contributed by atoms with Crippen LogP contribution in [0.4, 0.5) is 13.2 Å². The van der Waals surface area contributed by atoms with Crippen LogP contribution in [0, 0.1) is 5.41 Å². The monoisotopic (exact) mass is 499 g/mol. The summed E-state index contributed by atoms with van der Waals surface area (Å²) in [4.78, 5) is 29.8. The zero-order chi connectivity index (χ0) is 26.7. The number of carbonyl (C=O) groups is 2. The van der Waals surface area contributed by atoms with Crippen molar-refractivity contribution in [3.05, 3.63) is 71.5 Å². The fourth-order valence-electron chi connectivity index (χ4n) is 3.50.